The Balaban J connectivity index is 1.77. The summed E-state index contributed by atoms with van der Waals surface area (Å²) in [5.74, 6) is 1.39. The number of aryl methyl sites for hydroxylation is 1. The van der Waals surface area contributed by atoms with E-state index in [9.17, 15) is 4.79 Å². The second-order valence-electron chi connectivity index (χ2n) is 6.75. The van der Waals surface area contributed by atoms with E-state index in [1.54, 1.807) is 11.0 Å². The zero-order valence-electron chi connectivity index (χ0n) is 14.7. The number of carbonyl (C=O) groups is 1. The summed E-state index contributed by atoms with van der Waals surface area (Å²) in [5, 5.41) is 4.19. The molecule has 0 aromatic carbocycles. The minimum Gasteiger partial charge on any atom is -0.339 e. The van der Waals surface area contributed by atoms with Gasteiger partial charge in [-0.1, -0.05) is 20.8 Å². The van der Waals surface area contributed by atoms with Crippen molar-refractivity contribution in [2.75, 3.05) is 13.1 Å². The smallest absolute Gasteiger partial charge is 0.247 e. The Kier molecular flexibility index (Phi) is 4.97. The average Bonchev–Trinajstić information content (AvgIpc) is 3.26. The number of imidazole rings is 1. The highest BCUT2D eigenvalue weighted by atomic mass is 16.2. The molecule has 7 heteroatoms. The molecule has 2 aromatic heterocycles. The first-order valence-corrected chi connectivity index (χ1v) is 8.76. The van der Waals surface area contributed by atoms with E-state index in [0.717, 1.165) is 38.2 Å². The first kappa shape index (κ1) is 16.7. The number of piperidine rings is 1. The number of nitrogens with zero attached hydrogens (tertiary/aromatic N) is 6. The molecule has 1 saturated heterocycles. The van der Waals surface area contributed by atoms with Gasteiger partial charge in [0.2, 0.25) is 5.91 Å². The van der Waals surface area contributed by atoms with E-state index in [-0.39, 0.29) is 17.9 Å². The summed E-state index contributed by atoms with van der Waals surface area (Å²) in [5.41, 5.74) is 0. The molecule has 2 atom stereocenters. The minimum absolute atomic E-state index is 0.137. The van der Waals surface area contributed by atoms with Crippen LogP contribution in [0.5, 0.6) is 0 Å². The third-order valence-electron chi connectivity index (χ3n) is 4.77. The SMILES string of the molecule is CCc1nccn1C1CCCN(C(=O)C(C(C)C)n2cncn2)C1. The zero-order chi connectivity index (χ0) is 17.1. The largest absolute Gasteiger partial charge is 0.339 e. The van der Waals surface area contributed by atoms with Gasteiger partial charge in [-0.3, -0.25) is 4.79 Å². The van der Waals surface area contributed by atoms with E-state index < -0.39 is 0 Å². The topological polar surface area (TPSA) is 68.8 Å². The van der Waals surface area contributed by atoms with Gasteiger partial charge in [-0.25, -0.2) is 14.6 Å². The second kappa shape index (κ2) is 7.15. The molecule has 0 N–H and O–H groups in total. The summed E-state index contributed by atoms with van der Waals surface area (Å²) in [6, 6.07) is 0.0170. The fraction of sp³-hybridized carbons (Fsp3) is 0.647. The van der Waals surface area contributed by atoms with E-state index >= 15 is 0 Å². The van der Waals surface area contributed by atoms with Crippen LogP contribution in [0, 0.1) is 5.92 Å². The predicted octanol–water partition coefficient (Wildman–Crippen LogP) is 2.10. The molecular weight excluding hydrogens is 304 g/mol. The van der Waals surface area contributed by atoms with Gasteiger partial charge in [0.05, 0.1) is 6.04 Å². The molecule has 24 heavy (non-hydrogen) atoms. The Morgan fingerprint density at radius 3 is 2.92 bits per heavy atom. The lowest BCUT2D eigenvalue weighted by molar-refractivity contribution is -0.138. The van der Waals surface area contributed by atoms with Crippen LogP contribution in [0.3, 0.4) is 0 Å². The van der Waals surface area contributed by atoms with E-state index in [0.29, 0.717) is 6.04 Å². The maximum Gasteiger partial charge on any atom is 0.247 e. The Morgan fingerprint density at radius 1 is 1.42 bits per heavy atom. The highest BCUT2D eigenvalue weighted by molar-refractivity contribution is 5.80. The van der Waals surface area contributed by atoms with Gasteiger partial charge in [0, 0.05) is 31.9 Å². The maximum absolute atomic E-state index is 13.1. The summed E-state index contributed by atoms with van der Waals surface area (Å²) in [4.78, 5) is 23.5. The molecule has 1 fully saturated rings. The fourth-order valence-electron chi connectivity index (χ4n) is 3.58. The number of likely N-dealkylation sites (tertiary alicyclic amines) is 1. The highest BCUT2D eigenvalue weighted by Crippen LogP contribution is 2.27. The van der Waals surface area contributed by atoms with Crippen molar-refractivity contribution in [1.29, 1.82) is 0 Å². The van der Waals surface area contributed by atoms with Crippen molar-refractivity contribution in [3.05, 3.63) is 30.9 Å². The van der Waals surface area contributed by atoms with Crippen LogP contribution in [0.1, 0.15) is 51.5 Å². The molecule has 0 saturated carbocycles. The Bertz CT molecular complexity index is 662. The Labute approximate surface area is 142 Å². The normalized spacial score (nSPS) is 19.7. The van der Waals surface area contributed by atoms with Crippen LogP contribution in [0.15, 0.2) is 25.0 Å². The molecule has 1 aliphatic rings. The molecule has 0 bridgehead atoms. The summed E-state index contributed by atoms with van der Waals surface area (Å²) in [7, 11) is 0. The van der Waals surface area contributed by atoms with Crippen molar-refractivity contribution in [1.82, 2.24) is 29.2 Å². The van der Waals surface area contributed by atoms with Gasteiger partial charge in [0.15, 0.2) is 0 Å². The van der Waals surface area contributed by atoms with E-state index in [4.69, 9.17) is 0 Å². The molecule has 1 aliphatic heterocycles. The van der Waals surface area contributed by atoms with Crippen molar-refractivity contribution in [3.8, 4) is 0 Å². The monoisotopic (exact) mass is 330 g/mol. The molecule has 0 spiro atoms. The second-order valence-corrected chi connectivity index (χ2v) is 6.75. The lowest BCUT2D eigenvalue weighted by Gasteiger charge is -2.36. The number of rotatable bonds is 5. The Morgan fingerprint density at radius 2 is 2.25 bits per heavy atom. The number of carbonyl (C=O) groups excluding carboxylic acids is 1. The van der Waals surface area contributed by atoms with Crippen LogP contribution in [0.2, 0.25) is 0 Å². The van der Waals surface area contributed by atoms with Gasteiger partial charge in [0.25, 0.3) is 0 Å². The van der Waals surface area contributed by atoms with Crippen LogP contribution in [-0.4, -0.2) is 48.2 Å². The molecule has 3 rings (SSSR count). The molecule has 1 amide bonds. The number of hydrogen-bond donors (Lipinski definition) is 0. The Hall–Kier alpha value is -2.18. The lowest BCUT2D eigenvalue weighted by Crippen LogP contribution is -2.45. The van der Waals surface area contributed by atoms with Crippen LogP contribution >= 0.6 is 0 Å². The van der Waals surface area contributed by atoms with Crippen molar-refractivity contribution in [2.24, 2.45) is 5.92 Å². The van der Waals surface area contributed by atoms with Crippen LogP contribution in [0.4, 0.5) is 0 Å². The first-order chi connectivity index (χ1) is 11.6. The predicted molar refractivity (Wildman–Crippen MR) is 90.4 cm³/mol. The average molecular weight is 330 g/mol. The number of aromatic nitrogens is 5. The lowest BCUT2D eigenvalue weighted by atomic mass is 9.99. The molecule has 7 nitrogen and oxygen atoms in total. The van der Waals surface area contributed by atoms with Gasteiger partial charge in [0.1, 0.15) is 24.5 Å². The van der Waals surface area contributed by atoms with E-state index in [1.807, 2.05) is 17.3 Å². The summed E-state index contributed by atoms with van der Waals surface area (Å²) in [6.45, 7) is 7.76. The molecule has 2 unspecified atom stereocenters. The van der Waals surface area contributed by atoms with Crippen molar-refractivity contribution >= 4 is 5.91 Å². The summed E-state index contributed by atoms with van der Waals surface area (Å²) in [6.07, 6.45) is 10.0. The highest BCUT2D eigenvalue weighted by Gasteiger charge is 2.33. The zero-order valence-corrected chi connectivity index (χ0v) is 14.7. The number of amides is 1. The maximum atomic E-state index is 13.1. The quantitative estimate of drug-likeness (QED) is 0.842. The standard InChI is InChI=1S/C17H26N6O/c1-4-15-19-7-9-22(15)14-6-5-8-21(10-14)17(24)16(13(2)3)23-12-18-11-20-23/h7,9,11-14,16H,4-6,8,10H2,1-3H3. The van der Waals surface area contributed by atoms with Gasteiger partial charge in [-0.2, -0.15) is 5.10 Å². The van der Waals surface area contributed by atoms with Gasteiger partial charge in [-0.15, -0.1) is 0 Å². The van der Waals surface area contributed by atoms with E-state index in [2.05, 4.69) is 40.4 Å². The molecule has 3 heterocycles. The third kappa shape index (κ3) is 3.20. The van der Waals surface area contributed by atoms with Crippen LogP contribution in [0.25, 0.3) is 0 Å². The van der Waals surface area contributed by atoms with Gasteiger partial charge in [-0.05, 0) is 18.8 Å². The third-order valence-corrected chi connectivity index (χ3v) is 4.77. The molecule has 2 aromatic rings. The molecule has 0 radical (unpaired) electrons. The molecular formula is C17H26N6O. The van der Waals surface area contributed by atoms with Crippen molar-refractivity contribution in [3.63, 3.8) is 0 Å². The van der Waals surface area contributed by atoms with Crippen LogP contribution < -0.4 is 0 Å². The summed E-state index contributed by atoms with van der Waals surface area (Å²) < 4.78 is 3.92. The van der Waals surface area contributed by atoms with Crippen LogP contribution in [-0.2, 0) is 11.2 Å². The minimum atomic E-state index is -0.292. The fourth-order valence-corrected chi connectivity index (χ4v) is 3.58. The van der Waals surface area contributed by atoms with Gasteiger partial charge >= 0.3 is 0 Å². The van der Waals surface area contributed by atoms with Gasteiger partial charge < -0.3 is 9.47 Å². The molecule has 0 aliphatic carbocycles. The van der Waals surface area contributed by atoms with E-state index in [1.165, 1.54) is 6.33 Å². The van der Waals surface area contributed by atoms with Crippen molar-refractivity contribution < 1.29 is 4.79 Å². The van der Waals surface area contributed by atoms with Crippen molar-refractivity contribution in [2.45, 2.75) is 52.1 Å². The first-order valence-electron chi connectivity index (χ1n) is 8.76. The molecule has 130 valence electrons. The number of hydrogen-bond acceptors (Lipinski definition) is 4. The summed E-state index contributed by atoms with van der Waals surface area (Å²) >= 11 is 0.